The number of rotatable bonds is 1. The highest BCUT2D eigenvalue weighted by molar-refractivity contribution is 9.10. The average molecular weight is 297 g/mol. The predicted octanol–water partition coefficient (Wildman–Crippen LogP) is 3.47. The summed E-state index contributed by atoms with van der Waals surface area (Å²) in [6.45, 7) is 1.95. The summed E-state index contributed by atoms with van der Waals surface area (Å²) in [4.78, 5) is 0. The van der Waals surface area contributed by atoms with Gasteiger partial charge in [0.25, 0.3) is 0 Å². The van der Waals surface area contributed by atoms with Gasteiger partial charge in [0.1, 0.15) is 6.07 Å². The molecule has 0 radical (unpaired) electrons. The number of halogens is 2. The Bertz CT molecular complexity index is 583. The number of nitrogens with zero attached hydrogens (tertiary/aromatic N) is 3. The number of benzene rings is 1. The van der Waals surface area contributed by atoms with Crippen LogP contribution in [0.3, 0.4) is 0 Å². The van der Waals surface area contributed by atoms with Crippen LogP contribution in [0.5, 0.6) is 0 Å². The van der Waals surface area contributed by atoms with Crippen LogP contribution in [0.15, 0.2) is 28.9 Å². The van der Waals surface area contributed by atoms with Crippen molar-refractivity contribution in [1.29, 1.82) is 5.26 Å². The van der Waals surface area contributed by atoms with Gasteiger partial charge in [-0.3, -0.25) is 0 Å². The molecule has 1 aromatic heterocycles. The molecule has 0 fully saturated rings. The molecule has 0 N–H and O–H groups in total. The lowest BCUT2D eigenvalue weighted by atomic mass is 10.2. The third kappa shape index (κ3) is 1.97. The van der Waals surface area contributed by atoms with Gasteiger partial charge in [-0.05, 0) is 46.6 Å². The molecule has 0 aliphatic heterocycles. The van der Waals surface area contributed by atoms with Gasteiger partial charge in [0.15, 0.2) is 5.69 Å². The van der Waals surface area contributed by atoms with E-state index in [0.29, 0.717) is 15.2 Å². The Morgan fingerprint density at radius 2 is 2.25 bits per heavy atom. The van der Waals surface area contributed by atoms with Crippen LogP contribution in [-0.4, -0.2) is 9.78 Å². The molecule has 80 valence electrons. The van der Waals surface area contributed by atoms with E-state index in [1.807, 2.05) is 25.1 Å². The van der Waals surface area contributed by atoms with E-state index in [-0.39, 0.29) is 0 Å². The highest BCUT2D eigenvalue weighted by Gasteiger charge is 2.08. The lowest BCUT2D eigenvalue weighted by Gasteiger charge is -2.05. The van der Waals surface area contributed by atoms with Crippen LogP contribution in [-0.2, 0) is 0 Å². The van der Waals surface area contributed by atoms with Crippen LogP contribution in [0.4, 0.5) is 0 Å². The number of nitriles is 1. The Balaban J connectivity index is 2.55. The Morgan fingerprint density at radius 1 is 1.50 bits per heavy atom. The zero-order chi connectivity index (χ0) is 11.7. The van der Waals surface area contributed by atoms with Gasteiger partial charge >= 0.3 is 0 Å². The van der Waals surface area contributed by atoms with Crippen molar-refractivity contribution in [3.05, 3.63) is 45.1 Å². The fourth-order valence-corrected chi connectivity index (χ4v) is 2.02. The van der Waals surface area contributed by atoms with Gasteiger partial charge in [0.05, 0.1) is 10.2 Å². The van der Waals surface area contributed by atoms with Crippen LogP contribution < -0.4 is 0 Å². The summed E-state index contributed by atoms with van der Waals surface area (Å²) < 4.78 is 2.35. The molecule has 2 rings (SSSR count). The van der Waals surface area contributed by atoms with Crippen molar-refractivity contribution in [2.45, 2.75) is 6.92 Å². The van der Waals surface area contributed by atoms with Gasteiger partial charge in [0.2, 0.25) is 0 Å². The van der Waals surface area contributed by atoms with Gasteiger partial charge in [-0.25, -0.2) is 4.68 Å². The minimum absolute atomic E-state index is 0.370. The van der Waals surface area contributed by atoms with Crippen molar-refractivity contribution in [3.8, 4) is 11.8 Å². The van der Waals surface area contributed by atoms with Crippen LogP contribution in [0.1, 0.15) is 11.3 Å². The first-order valence-electron chi connectivity index (χ1n) is 4.53. The van der Waals surface area contributed by atoms with Gasteiger partial charge in [-0.15, -0.1) is 0 Å². The Kier molecular flexibility index (Phi) is 2.99. The zero-order valence-corrected chi connectivity index (χ0v) is 10.7. The summed E-state index contributed by atoms with van der Waals surface area (Å²) in [6.07, 6.45) is 1.76. The molecule has 3 nitrogen and oxygen atoms in total. The fraction of sp³-hybridized carbons (Fsp3) is 0.0909. The third-order valence-corrected chi connectivity index (χ3v) is 3.00. The summed E-state index contributed by atoms with van der Waals surface area (Å²) in [6, 6.07) is 7.54. The molecular weight excluding hydrogens is 289 g/mol. The van der Waals surface area contributed by atoms with E-state index >= 15 is 0 Å². The molecule has 0 atom stereocenters. The molecule has 0 saturated carbocycles. The lowest BCUT2D eigenvalue weighted by molar-refractivity contribution is 0.866. The van der Waals surface area contributed by atoms with Crippen molar-refractivity contribution < 1.29 is 0 Å². The number of hydrogen-bond donors (Lipinski definition) is 0. The van der Waals surface area contributed by atoms with Gasteiger partial charge in [0, 0.05) is 11.2 Å². The summed E-state index contributed by atoms with van der Waals surface area (Å²) in [7, 11) is 0. The highest BCUT2D eigenvalue weighted by Crippen LogP contribution is 2.21. The van der Waals surface area contributed by atoms with Gasteiger partial charge in [-0.2, -0.15) is 10.4 Å². The van der Waals surface area contributed by atoms with E-state index in [2.05, 4.69) is 21.0 Å². The summed E-state index contributed by atoms with van der Waals surface area (Å²) >= 11 is 9.16. The molecule has 1 aromatic carbocycles. The van der Waals surface area contributed by atoms with E-state index in [9.17, 15) is 0 Å². The van der Waals surface area contributed by atoms with E-state index in [4.69, 9.17) is 16.9 Å². The maximum atomic E-state index is 8.82. The highest BCUT2D eigenvalue weighted by atomic mass is 79.9. The van der Waals surface area contributed by atoms with Gasteiger partial charge in [-0.1, -0.05) is 11.6 Å². The molecule has 0 spiro atoms. The van der Waals surface area contributed by atoms with Crippen molar-refractivity contribution in [3.63, 3.8) is 0 Å². The number of aryl methyl sites for hydroxylation is 1. The molecule has 0 saturated heterocycles. The molecule has 0 bridgehead atoms. The molecule has 2 aromatic rings. The largest absolute Gasteiger partial charge is 0.238 e. The summed E-state index contributed by atoms with van der Waals surface area (Å²) in [5, 5.41) is 13.7. The zero-order valence-electron chi connectivity index (χ0n) is 8.41. The van der Waals surface area contributed by atoms with E-state index < -0.39 is 0 Å². The maximum Gasteiger partial charge on any atom is 0.177 e. The third-order valence-electron chi connectivity index (χ3n) is 2.18. The summed E-state index contributed by atoms with van der Waals surface area (Å²) in [5.74, 6) is 0. The van der Waals surface area contributed by atoms with E-state index in [1.165, 1.54) is 0 Å². The minimum Gasteiger partial charge on any atom is -0.238 e. The van der Waals surface area contributed by atoms with E-state index in [0.717, 1.165) is 11.3 Å². The average Bonchev–Trinajstić information content (AvgIpc) is 2.59. The van der Waals surface area contributed by atoms with Gasteiger partial charge < -0.3 is 0 Å². The Hall–Kier alpha value is -1.31. The van der Waals surface area contributed by atoms with Crippen LogP contribution >= 0.6 is 27.5 Å². The Labute approximate surface area is 106 Å². The normalized spacial score (nSPS) is 10.1. The predicted molar refractivity (Wildman–Crippen MR) is 65.7 cm³/mol. The second kappa shape index (κ2) is 4.28. The van der Waals surface area contributed by atoms with Crippen molar-refractivity contribution in [2.75, 3.05) is 0 Å². The molecule has 0 unspecified atom stereocenters. The quantitative estimate of drug-likeness (QED) is 0.808. The second-order valence-electron chi connectivity index (χ2n) is 3.31. The molecule has 1 heterocycles. The summed E-state index contributed by atoms with van der Waals surface area (Å²) in [5.41, 5.74) is 2.29. The lowest BCUT2D eigenvalue weighted by Crippen LogP contribution is -1.97. The SMILES string of the molecule is Cc1cc(Cl)ccc1-n1cc(Br)c(C#N)n1. The van der Waals surface area contributed by atoms with Crippen molar-refractivity contribution >= 4 is 27.5 Å². The Morgan fingerprint density at radius 3 is 2.81 bits per heavy atom. The molecule has 5 heteroatoms. The monoisotopic (exact) mass is 295 g/mol. The first kappa shape index (κ1) is 11.2. The standard InChI is InChI=1S/C11H7BrClN3/c1-7-4-8(13)2-3-11(7)16-6-9(12)10(5-14)15-16/h2-4,6H,1H3. The van der Waals surface area contributed by atoms with Crippen molar-refractivity contribution in [2.24, 2.45) is 0 Å². The first-order valence-corrected chi connectivity index (χ1v) is 5.70. The molecule has 16 heavy (non-hydrogen) atoms. The molecule has 0 aliphatic rings. The molecular formula is C11H7BrClN3. The maximum absolute atomic E-state index is 8.82. The van der Waals surface area contributed by atoms with Crippen molar-refractivity contribution in [1.82, 2.24) is 9.78 Å². The number of hydrogen-bond acceptors (Lipinski definition) is 2. The topological polar surface area (TPSA) is 41.6 Å². The van der Waals surface area contributed by atoms with Crippen LogP contribution in [0, 0.1) is 18.3 Å². The molecule has 0 aliphatic carbocycles. The second-order valence-corrected chi connectivity index (χ2v) is 4.60. The minimum atomic E-state index is 0.370. The molecule has 0 amide bonds. The van der Waals surface area contributed by atoms with E-state index in [1.54, 1.807) is 16.9 Å². The number of aromatic nitrogens is 2. The first-order chi connectivity index (χ1) is 7.61. The fourth-order valence-electron chi connectivity index (χ4n) is 1.43. The smallest absolute Gasteiger partial charge is 0.177 e. The van der Waals surface area contributed by atoms with Crippen LogP contribution in [0.2, 0.25) is 5.02 Å². The van der Waals surface area contributed by atoms with Crippen LogP contribution in [0.25, 0.3) is 5.69 Å².